The number of carbonyl (C=O) groups excluding carboxylic acids is 1. The van der Waals surface area contributed by atoms with E-state index in [2.05, 4.69) is 17.0 Å². The van der Waals surface area contributed by atoms with Gasteiger partial charge < -0.3 is 14.4 Å². The van der Waals surface area contributed by atoms with Crippen molar-refractivity contribution in [2.24, 2.45) is 0 Å². The van der Waals surface area contributed by atoms with Crippen LogP contribution in [0.25, 0.3) is 0 Å². The molecule has 4 heteroatoms. The third kappa shape index (κ3) is 4.12. The Kier molecular flexibility index (Phi) is 5.68. The maximum atomic E-state index is 12.6. The van der Waals surface area contributed by atoms with E-state index in [9.17, 15) is 4.79 Å². The number of carbonyl (C=O) groups is 1. The number of aryl methyl sites for hydroxylation is 1. The summed E-state index contributed by atoms with van der Waals surface area (Å²) >= 11 is 0. The van der Waals surface area contributed by atoms with E-state index in [-0.39, 0.29) is 24.2 Å². The Morgan fingerprint density at radius 3 is 2.87 bits per heavy atom. The fourth-order valence-electron chi connectivity index (χ4n) is 3.72. The predicted molar refractivity (Wildman–Crippen MR) is 89.3 cm³/mol. The largest absolute Gasteiger partial charge is 0.379 e. The lowest BCUT2D eigenvalue weighted by atomic mass is 9.99. The number of amides is 1. The Morgan fingerprint density at radius 1 is 1.26 bits per heavy atom. The van der Waals surface area contributed by atoms with Gasteiger partial charge in [0.25, 0.3) is 0 Å². The van der Waals surface area contributed by atoms with Crippen LogP contribution >= 0.6 is 0 Å². The molecule has 2 heterocycles. The summed E-state index contributed by atoms with van der Waals surface area (Å²) in [7, 11) is 0. The van der Waals surface area contributed by atoms with E-state index in [4.69, 9.17) is 9.47 Å². The van der Waals surface area contributed by atoms with E-state index < -0.39 is 0 Å². The highest BCUT2D eigenvalue weighted by Crippen LogP contribution is 2.32. The number of hydrogen-bond acceptors (Lipinski definition) is 3. The van der Waals surface area contributed by atoms with Crippen LogP contribution in [0.2, 0.25) is 0 Å². The normalized spacial score (nSPS) is 27.0. The summed E-state index contributed by atoms with van der Waals surface area (Å²) < 4.78 is 11.6. The second-order valence-electron chi connectivity index (χ2n) is 6.46. The zero-order chi connectivity index (χ0) is 16.1. The molecule has 0 radical (unpaired) electrons. The van der Waals surface area contributed by atoms with Crippen LogP contribution in [0.1, 0.15) is 38.2 Å². The van der Waals surface area contributed by atoms with E-state index in [1.165, 1.54) is 5.56 Å². The lowest BCUT2D eigenvalue weighted by Gasteiger charge is -2.36. The first-order valence-electron chi connectivity index (χ1n) is 8.84. The van der Waals surface area contributed by atoms with Gasteiger partial charge in [-0.15, -0.1) is 0 Å². The maximum absolute atomic E-state index is 12.6. The summed E-state index contributed by atoms with van der Waals surface area (Å²) in [5.74, 6) is 0.271. The van der Waals surface area contributed by atoms with Gasteiger partial charge in [-0.3, -0.25) is 4.79 Å². The monoisotopic (exact) mass is 317 g/mol. The van der Waals surface area contributed by atoms with E-state index in [0.717, 1.165) is 38.8 Å². The molecule has 2 saturated heterocycles. The number of nitrogens with zero attached hydrogens (tertiary/aromatic N) is 1. The molecule has 1 aromatic carbocycles. The quantitative estimate of drug-likeness (QED) is 0.810. The molecule has 3 rings (SSSR count). The number of fused-ring (bicyclic) bond motifs is 1. The number of benzene rings is 1. The molecule has 3 atom stereocenters. The van der Waals surface area contributed by atoms with Gasteiger partial charge in [-0.05, 0) is 38.2 Å². The SMILES string of the molecule is CCOC[C@@H]1CC[C@H]2[C@H](CCN2C(=O)CCc2ccccc2)O1. The van der Waals surface area contributed by atoms with Crippen LogP contribution in [0.15, 0.2) is 30.3 Å². The van der Waals surface area contributed by atoms with Crippen molar-refractivity contribution in [3.05, 3.63) is 35.9 Å². The highest BCUT2D eigenvalue weighted by molar-refractivity contribution is 5.77. The molecule has 0 saturated carbocycles. The molecule has 2 fully saturated rings. The molecular weight excluding hydrogens is 290 g/mol. The summed E-state index contributed by atoms with van der Waals surface area (Å²) in [6.07, 6.45) is 4.82. The molecule has 2 aliphatic rings. The summed E-state index contributed by atoms with van der Waals surface area (Å²) in [4.78, 5) is 14.6. The molecule has 4 nitrogen and oxygen atoms in total. The van der Waals surface area contributed by atoms with Crippen molar-refractivity contribution in [2.75, 3.05) is 19.8 Å². The van der Waals surface area contributed by atoms with Crippen LogP contribution in [-0.4, -0.2) is 48.8 Å². The Labute approximate surface area is 138 Å². The standard InChI is InChI=1S/C19H27NO3/c1-2-22-14-16-9-10-17-18(23-16)12-13-20(17)19(21)11-8-15-6-4-3-5-7-15/h3-7,16-18H,2,8-14H2,1H3/t16-,17-,18-/m0/s1. The van der Waals surface area contributed by atoms with Gasteiger partial charge in [0.15, 0.2) is 0 Å². The molecule has 0 aliphatic carbocycles. The van der Waals surface area contributed by atoms with Gasteiger partial charge in [0, 0.05) is 19.6 Å². The van der Waals surface area contributed by atoms with Crippen LogP contribution in [0.3, 0.4) is 0 Å². The lowest BCUT2D eigenvalue weighted by molar-refractivity contribution is -0.138. The van der Waals surface area contributed by atoms with Crippen LogP contribution < -0.4 is 0 Å². The molecule has 1 aromatic rings. The Bertz CT molecular complexity index is 505. The lowest BCUT2D eigenvalue weighted by Crippen LogP contribution is -2.46. The first-order valence-corrected chi connectivity index (χ1v) is 8.84. The number of hydrogen-bond donors (Lipinski definition) is 0. The molecule has 23 heavy (non-hydrogen) atoms. The van der Waals surface area contributed by atoms with Gasteiger partial charge in [0.05, 0.1) is 24.9 Å². The van der Waals surface area contributed by atoms with E-state index in [1.54, 1.807) is 0 Å². The molecule has 0 bridgehead atoms. The molecule has 0 unspecified atom stereocenters. The first kappa shape index (κ1) is 16.5. The summed E-state index contributed by atoms with van der Waals surface area (Å²) in [6.45, 7) is 4.26. The third-order valence-corrected chi connectivity index (χ3v) is 4.93. The average Bonchev–Trinajstić information content (AvgIpc) is 3.02. The topological polar surface area (TPSA) is 38.8 Å². The minimum Gasteiger partial charge on any atom is -0.379 e. The number of rotatable bonds is 6. The van der Waals surface area contributed by atoms with Gasteiger partial charge in [-0.25, -0.2) is 0 Å². The average molecular weight is 317 g/mol. The van der Waals surface area contributed by atoms with Crippen LogP contribution in [0.5, 0.6) is 0 Å². The number of likely N-dealkylation sites (tertiary alicyclic amines) is 1. The molecule has 1 amide bonds. The zero-order valence-electron chi connectivity index (χ0n) is 13.9. The van der Waals surface area contributed by atoms with Crippen molar-refractivity contribution in [1.29, 1.82) is 0 Å². The van der Waals surface area contributed by atoms with Crippen LogP contribution in [-0.2, 0) is 20.7 Å². The second-order valence-corrected chi connectivity index (χ2v) is 6.46. The van der Waals surface area contributed by atoms with Crippen molar-refractivity contribution >= 4 is 5.91 Å². The fourth-order valence-corrected chi connectivity index (χ4v) is 3.72. The molecule has 0 spiro atoms. The minimum atomic E-state index is 0.204. The number of ether oxygens (including phenoxy) is 2. The molecular formula is C19H27NO3. The Hall–Kier alpha value is -1.39. The maximum Gasteiger partial charge on any atom is 0.223 e. The summed E-state index contributed by atoms with van der Waals surface area (Å²) in [6, 6.07) is 10.5. The van der Waals surface area contributed by atoms with Crippen molar-refractivity contribution in [3.63, 3.8) is 0 Å². The molecule has 0 aromatic heterocycles. The van der Waals surface area contributed by atoms with Crippen LogP contribution in [0.4, 0.5) is 0 Å². The van der Waals surface area contributed by atoms with E-state index >= 15 is 0 Å². The van der Waals surface area contributed by atoms with Crippen molar-refractivity contribution in [2.45, 2.75) is 57.3 Å². The summed E-state index contributed by atoms with van der Waals surface area (Å²) in [5.41, 5.74) is 1.23. The Balaban J connectivity index is 1.49. The van der Waals surface area contributed by atoms with Gasteiger partial charge in [0.2, 0.25) is 5.91 Å². The smallest absolute Gasteiger partial charge is 0.223 e. The van der Waals surface area contributed by atoms with Gasteiger partial charge >= 0.3 is 0 Å². The van der Waals surface area contributed by atoms with Crippen molar-refractivity contribution < 1.29 is 14.3 Å². The first-order chi connectivity index (χ1) is 11.3. The van der Waals surface area contributed by atoms with Gasteiger partial charge in [-0.1, -0.05) is 30.3 Å². The molecule has 2 aliphatic heterocycles. The van der Waals surface area contributed by atoms with Crippen LogP contribution in [0, 0.1) is 0 Å². The van der Waals surface area contributed by atoms with E-state index in [1.807, 2.05) is 25.1 Å². The second kappa shape index (κ2) is 7.93. The highest BCUT2D eigenvalue weighted by Gasteiger charge is 2.41. The van der Waals surface area contributed by atoms with Crippen molar-refractivity contribution in [3.8, 4) is 0 Å². The fraction of sp³-hybridized carbons (Fsp3) is 0.632. The molecule has 0 N–H and O–H groups in total. The minimum absolute atomic E-state index is 0.204. The van der Waals surface area contributed by atoms with Gasteiger partial charge in [0.1, 0.15) is 0 Å². The van der Waals surface area contributed by atoms with E-state index in [0.29, 0.717) is 13.0 Å². The third-order valence-electron chi connectivity index (χ3n) is 4.93. The Morgan fingerprint density at radius 2 is 2.09 bits per heavy atom. The zero-order valence-corrected chi connectivity index (χ0v) is 13.9. The highest BCUT2D eigenvalue weighted by atomic mass is 16.5. The summed E-state index contributed by atoms with van der Waals surface area (Å²) in [5, 5.41) is 0. The predicted octanol–water partition coefficient (Wildman–Crippen LogP) is 2.80. The molecule has 126 valence electrons. The van der Waals surface area contributed by atoms with Gasteiger partial charge in [-0.2, -0.15) is 0 Å². The van der Waals surface area contributed by atoms with Crippen molar-refractivity contribution in [1.82, 2.24) is 4.90 Å².